The van der Waals surface area contributed by atoms with E-state index in [1.807, 2.05) is 47.8 Å². The molecule has 1 atom stereocenters. The number of carbonyl (C=O) groups is 2. The van der Waals surface area contributed by atoms with Crippen LogP contribution in [-0.2, 0) is 9.53 Å². The summed E-state index contributed by atoms with van der Waals surface area (Å²) in [6.45, 7) is 1.65. The van der Waals surface area contributed by atoms with Gasteiger partial charge in [0.25, 0.3) is 5.91 Å². The smallest absolute Gasteiger partial charge is 0.338 e. The fraction of sp³-hybridized carbons (Fsp3) is 0.619. The summed E-state index contributed by atoms with van der Waals surface area (Å²) in [6, 6.07) is 7.84. The first-order valence-corrected chi connectivity index (χ1v) is 12.1. The second kappa shape index (κ2) is 10.4. The maximum atomic E-state index is 12.4. The monoisotopic (exact) mass is 407 g/mol. The van der Waals surface area contributed by atoms with E-state index in [0.29, 0.717) is 10.1 Å². The van der Waals surface area contributed by atoms with Gasteiger partial charge in [0.15, 0.2) is 6.10 Å². The highest BCUT2D eigenvalue weighted by Gasteiger charge is 2.23. The standard InChI is InChI=1S/C21H29NO3S2/c1-15(19(23)22-18-7-4-2-3-5-8-18)25-20(24)16-9-11-17(12-10-16)21-26-13-6-14-27-21/h9-12,15,18,21H,2-8,13-14H2,1H3,(H,22,23)/t15-/m1/s1. The van der Waals surface area contributed by atoms with Gasteiger partial charge >= 0.3 is 5.97 Å². The van der Waals surface area contributed by atoms with Crippen LogP contribution in [0.4, 0.5) is 0 Å². The molecule has 4 nitrogen and oxygen atoms in total. The topological polar surface area (TPSA) is 55.4 Å². The van der Waals surface area contributed by atoms with E-state index in [4.69, 9.17) is 4.74 Å². The maximum absolute atomic E-state index is 12.4. The zero-order valence-electron chi connectivity index (χ0n) is 15.9. The van der Waals surface area contributed by atoms with Crippen LogP contribution >= 0.6 is 23.5 Å². The van der Waals surface area contributed by atoms with Crippen LogP contribution in [0.2, 0.25) is 0 Å². The van der Waals surface area contributed by atoms with Gasteiger partial charge in [-0.2, -0.15) is 0 Å². The van der Waals surface area contributed by atoms with Gasteiger partial charge in [0, 0.05) is 6.04 Å². The lowest BCUT2D eigenvalue weighted by Gasteiger charge is -2.21. The van der Waals surface area contributed by atoms with Crippen LogP contribution in [0.5, 0.6) is 0 Å². The highest BCUT2D eigenvalue weighted by molar-refractivity contribution is 8.16. The van der Waals surface area contributed by atoms with E-state index in [1.54, 1.807) is 6.92 Å². The number of hydrogen-bond acceptors (Lipinski definition) is 5. The fourth-order valence-corrected chi connectivity index (χ4v) is 6.38. The third-order valence-electron chi connectivity index (χ3n) is 5.10. The molecule has 0 radical (unpaired) electrons. The molecule has 1 aliphatic carbocycles. The molecule has 0 spiro atoms. The van der Waals surface area contributed by atoms with Crippen molar-refractivity contribution in [1.82, 2.24) is 5.32 Å². The fourth-order valence-electron chi connectivity index (χ4n) is 3.48. The minimum atomic E-state index is -0.773. The summed E-state index contributed by atoms with van der Waals surface area (Å²) >= 11 is 3.91. The minimum Gasteiger partial charge on any atom is -0.449 e. The molecule has 1 N–H and O–H groups in total. The van der Waals surface area contributed by atoms with Crippen molar-refractivity contribution in [3.8, 4) is 0 Å². The minimum absolute atomic E-state index is 0.193. The SMILES string of the molecule is C[C@@H](OC(=O)c1ccc(C2SCCCS2)cc1)C(=O)NC1CCCCCC1. The molecule has 1 aromatic rings. The molecule has 1 saturated carbocycles. The molecule has 6 heteroatoms. The summed E-state index contributed by atoms with van der Waals surface area (Å²) in [4.78, 5) is 24.7. The molecule has 1 saturated heterocycles. The first kappa shape index (κ1) is 20.6. The zero-order chi connectivity index (χ0) is 19.1. The highest BCUT2D eigenvalue weighted by atomic mass is 32.2. The number of nitrogens with one attached hydrogen (secondary N) is 1. The first-order valence-electron chi connectivity index (χ1n) is 9.98. The van der Waals surface area contributed by atoms with Crippen LogP contribution in [0.25, 0.3) is 0 Å². The number of amides is 1. The number of thioether (sulfide) groups is 2. The van der Waals surface area contributed by atoms with Crippen molar-refractivity contribution in [2.45, 2.75) is 68.6 Å². The van der Waals surface area contributed by atoms with Gasteiger partial charge in [-0.05, 0) is 55.4 Å². The molecule has 2 aliphatic rings. The quantitative estimate of drug-likeness (QED) is 0.553. The van der Waals surface area contributed by atoms with Crippen molar-refractivity contribution in [3.05, 3.63) is 35.4 Å². The molecule has 1 aromatic carbocycles. The van der Waals surface area contributed by atoms with Crippen LogP contribution in [-0.4, -0.2) is 35.5 Å². The Kier molecular flexibility index (Phi) is 7.94. The second-order valence-corrected chi connectivity index (χ2v) is 10.0. The average molecular weight is 408 g/mol. The number of carbonyl (C=O) groups excluding carboxylic acids is 2. The largest absolute Gasteiger partial charge is 0.449 e. The highest BCUT2D eigenvalue weighted by Crippen LogP contribution is 2.43. The Morgan fingerprint density at radius 3 is 2.26 bits per heavy atom. The van der Waals surface area contributed by atoms with Crippen LogP contribution in [0, 0.1) is 0 Å². The summed E-state index contributed by atoms with van der Waals surface area (Å²) in [6.07, 6.45) is 7.32. The van der Waals surface area contributed by atoms with E-state index in [2.05, 4.69) is 5.32 Å². The Bertz CT molecular complexity index is 621. The lowest BCUT2D eigenvalue weighted by molar-refractivity contribution is -0.129. The molecule has 1 amide bonds. The van der Waals surface area contributed by atoms with Crippen LogP contribution in [0.15, 0.2) is 24.3 Å². The third-order valence-corrected chi connectivity index (χ3v) is 8.12. The van der Waals surface area contributed by atoms with E-state index in [1.165, 1.54) is 36.3 Å². The predicted octanol–water partition coefficient (Wildman–Crippen LogP) is 4.94. The number of ether oxygens (including phenoxy) is 1. The molecule has 0 bridgehead atoms. The van der Waals surface area contributed by atoms with Gasteiger partial charge in [0.2, 0.25) is 0 Å². The second-order valence-electron chi connectivity index (χ2n) is 7.29. The molecule has 2 fully saturated rings. The van der Waals surface area contributed by atoms with Crippen molar-refractivity contribution in [2.75, 3.05) is 11.5 Å². The van der Waals surface area contributed by atoms with E-state index >= 15 is 0 Å². The molecule has 148 valence electrons. The summed E-state index contributed by atoms with van der Waals surface area (Å²) < 4.78 is 5.85. The number of hydrogen-bond donors (Lipinski definition) is 1. The molecule has 0 unspecified atom stereocenters. The molecular weight excluding hydrogens is 378 g/mol. The van der Waals surface area contributed by atoms with Crippen molar-refractivity contribution in [1.29, 1.82) is 0 Å². The van der Waals surface area contributed by atoms with Crippen molar-refractivity contribution >= 4 is 35.4 Å². The van der Waals surface area contributed by atoms with Crippen LogP contribution in [0.1, 0.15) is 72.4 Å². The number of esters is 1. The van der Waals surface area contributed by atoms with Gasteiger partial charge in [-0.15, -0.1) is 23.5 Å². The molecular formula is C21H29NO3S2. The lowest BCUT2D eigenvalue weighted by Crippen LogP contribution is -2.41. The van der Waals surface area contributed by atoms with Crippen molar-refractivity contribution in [3.63, 3.8) is 0 Å². The average Bonchev–Trinajstić information content (AvgIpc) is 2.97. The van der Waals surface area contributed by atoms with Gasteiger partial charge in [-0.3, -0.25) is 4.79 Å². The Labute approximate surface area is 170 Å². The summed E-state index contributed by atoms with van der Waals surface area (Å²) in [5.41, 5.74) is 1.74. The summed E-state index contributed by atoms with van der Waals surface area (Å²) in [5, 5.41) is 3.05. The molecule has 1 aliphatic heterocycles. The van der Waals surface area contributed by atoms with E-state index in [9.17, 15) is 9.59 Å². The Morgan fingerprint density at radius 1 is 1.00 bits per heavy atom. The van der Waals surface area contributed by atoms with E-state index < -0.39 is 12.1 Å². The molecule has 1 heterocycles. The summed E-state index contributed by atoms with van der Waals surface area (Å²) in [7, 11) is 0. The Morgan fingerprint density at radius 2 is 1.63 bits per heavy atom. The van der Waals surface area contributed by atoms with E-state index in [-0.39, 0.29) is 11.9 Å². The zero-order valence-corrected chi connectivity index (χ0v) is 17.6. The summed E-state index contributed by atoms with van der Waals surface area (Å²) in [5.74, 6) is 1.75. The third kappa shape index (κ3) is 6.18. The van der Waals surface area contributed by atoms with Gasteiger partial charge < -0.3 is 10.1 Å². The number of benzene rings is 1. The Hall–Kier alpha value is -1.14. The first-order chi connectivity index (χ1) is 13.1. The molecule has 0 aromatic heterocycles. The van der Waals surface area contributed by atoms with Crippen LogP contribution in [0.3, 0.4) is 0 Å². The van der Waals surface area contributed by atoms with Gasteiger partial charge in [0.05, 0.1) is 10.1 Å². The van der Waals surface area contributed by atoms with Crippen LogP contribution < -0.4 is 5.32 Å². The van der Waals surface area contributed by atoms with Gasteiger partial charge in [-0.1, -0.05) is 37.8 Å². The maximum Gasteiger partial charge on any atom is 0.338 e. The van der Waals surface area contributed by atoms with Crippen molar-refractivity contribution in [2.24, 2.45) is 0 Å². The number of rotatable bonds is 5. The van der Waals surface area contributed by atoms with Crippen molar-refractivity contribution < 1.29 is 14.3 Å². The normalized spacial score (nSPS) is 20.5. The molecule has 27 heavy (non-hydrogen) atoms. The molecule has 3 rings (SSSR count). The predicted molar refractivity (Wildman–Crippen MR) is 113 cm³/mol. The van der Waals surface area contributed by atoms with E-state index in [0.717, 1.165) is 25.7 Å². The van der Waals surface area contributed by atoms with Gasteiger partial charge in [-0.25, -0.2) is 4.79 Å². The lowest BCUT2D eigenvalue weighted by atomic mass is 10.1. The Balaban J connectivity index is 1.50. The van der Waals surface area contributed by atoms with Gasteiger partial charge in [0.1, 0.15) is 0 Å².